The fourth-order valence-corrected chi connectivity index (χ4v) is 3.78. The second-order valence-corrected chi connectivity index (χ2v) is 7.97. The number of aryl methyl sites for hydroxylation is 1. The van der Waals surface area contributed by atoms with Crippen molar-refractivity contribution in [2.24, 2.45) is 11.5 Å². The number of H-pyrrole nitrogens is 1. The number of rotatable bonds is 7. The van der Waals surface area contributed by atoms with E-state index in [1.165, 1.54) is 12.1 Å². The molecule has 0 saturated heterocycles. The summed E-state index contributed by atoms with van der Waals surface area (Å²) in [7, 11) is 0. The van der Waals surface area contributed by atoms with Crippen molar-refractivity contribution in [1.82, 2.24) is 15.3 Å². The highest BCUT2D eigenvalue weighted by Gasteiger charge is 2.44. The summed E-state index contributed by atoms with van der Waals surface area (Å²) in [4.78, 5) is 31.3. The molecule has 2 amide bonds. The molecule has 1 aromatic carbocycles. The molecule has 3 aromatic rings. The van der Waals surface area contributed by atoms with E-state index >= 15 is 0 Å². The predicted molar refractivity (Wildman–Crippen MR) is 113 cm³/mol. The van der Waals surface area contributed by atoms with Crippen molar-refractivity contribution in [2.75, 3.05) is 0 Å². The quantitative estimate of drug-likeness (QED) is 0.460. The number of hydrogen-bond acceptors (Lipinski definition) is 5. The SMILES string of the molecule is Cc1c[nH]c2nccc(Oc3ccc(CC(N)C(=O)NC4(C(N)=O)CCC4)cc3F)c12. The lowest BCUT2D eigenvalue weighted by molar-refractivity contribution is -0.135. The van der Waals surface area contributed by atoms with Crippen molar-refractivity contribution in [2.45, 2.75) is 44.2 Å². The molecule has 1 aliphatic rings. The zero-order valence-electron chi connectivity index (χ0n) is 17.1. The van der Waals surface area contributed by atoms with Gasteiger partial charge in [0.15, 0.2) is 11.6 Å². The number of carbonyl (C=O) groups excluding carboxylic acids is 2. The van der Waals surface area contributed by atoms with Crippen LogP contribution in [0.4, 0.5) is 4.39 Å². The van der Waals surface area contributed by atoms with Gasteiger partial charge in [0.1, 0.15) is 16.9 Å². The van der Waals surface area contributed by atoms with E-state index in [0.29, 0.717) is 29.8 Å². The Morgan fingerprint density at radius 2 is 2.10 bits per heavy atom. The van der Waals surface area contributed by atoms with Gasteiger partial charge in [0.05, 0.1) is 11.4 Å². The monoisotopic (exact) mass is 425 g/mol. The Balaban J connectivity index is 1.45. The summed E-state index contributed by atoms with van der Waals surface area (Å²) in [5, 5.41) is 3.44. The van der Waals surface area contributed by atoms with Crippen molar-refractivity contribution in [3.8, 4) is 11.5 Å². The van der Waals surface area contributed by atoms with Crippen LogP contribution in [0, 0.1) is 12.7 Å². The summed E-state index contributed by atoms with van der Waals surface area (Å²) in [6.07, 6.45) is 5.32. The fourth-order valence-electron chi connectivity index (χ4n) is 3.78. The fraction of sp³-hybridized carbons (Fsp3) is 0.318. The number of nitrogens with one attached hydrogen (secondary N) is 2. The molecule has 1 unspecified atom stereocenters. The first-order chi connectivity index (χ1) is 14.8. The smallest absolute Gasteiger partial charge is 0.243 e. The van der Waals surface area contributed by atoms with Crippen molar-refractivity contribution in [1.29, 1.82) is 0 Å². The van der Waals surface area contributed by atoms with E-state index in [2.05, 4.69) is 15.3 Å². The van der Waals surface area contributed by atoms with Crippen molar-refractivity contribution in [3.05, 3.63) is 53.6 Å². The molecule has 0 aliphatic heterocycles. The third-order valence-corrected chi connectivity index (χ3v) is 5.78. The summed E-state index contributed by atoms with van der Waals surface area (Å²) < 4.78 is 20.5. The van der Waals surface area contributed by atoms with Crippen LogP contribution in [-0.4, -0.2) is 33.4 Å². The van der Waals surface area contributed by atoms with Gasteiger partial charge in [0, 0.05) is 12.4 Å². The minimum Gasteiger partial charge on any atom is -0.453 e. The van der Waals surface area contributed by atoms with Crippen LogP contribution in [0.15, 0.2) is 36.7 Å². The van der Waals surface area contributed by atoms with Crippen molar-refractivity contribution >= 4 is 22.8 Å². The van der Waals surface area contributed by atoms with E-state index in [-0.39, 0.29) is 12.2 Å². The largest absolute Gasteiger partial charge is 0.453 e. The van der Waals surface area contributed by atoms with Crippen LogP contribution in [0.3, 0.4) is 0 Å². The molecule has 31 heavy (non-hydrogen) atoms. The number of fused-ring (bicyclic) bond motifs is 1. The van der Waals surface area contributed by atoms with Crippen LogP contribution >= 0.6 is 0 Å². The molecular formula is C22H24FN5O3. The zero-order valence-corrected chi connectivity index (χ0v) is 17.1. The molecule has 8 nitrogen and oxygen atoms in total. The number of nitrogens with zero attached hydrogens (tertiary/aromatic N) is 1. The number of halogens is 1. The number of hydrogen-bond donors (Lipinski definition) is 4. The van der Waals surface area contributed by atoms with E-state index in [4.69, 9.17) is 16.2 Å². The summed E-state index contributed by atoms with van der Waals surface area (Å²) in [5.74, 6) is -1.08. The Morgan fingerprint density at radius 1 is 1.32 bits per heavy atom. The second-order valence-electron chi connectivity index (χ2n) is 7.97. The van der Waals surface area contributed by atoms with Gasteiger partial charge in [-0.2, -0.15) is 0 Å². The van der Waals surface area contributed by atoms with Crippen molar-refractivity contribution < 1.29 is 18.7 Å². The molecule has 1 saturated carbocycles. The zero-order chi connectivity index (χ0) is 22.2. The second kappa shape index (κ2) is 7.99. The third kappa shape index (κ3) is 3.96. The predicted octanol–water partition coefficient (Wildman–Crippen LogP) is 2.20. The molecular weight excluding hydrogens is 401 g/mol. The molecule has 2 aromatic heterocycles. The molecule has 1 atom stereocenters. The molecule has 2 heterocycles. The number of nitrogens with two attached hydrogens (primary N) is 2. The van der Waals surface area contributed by atoms with Crippen LogP contribution in [-0.2, 0) is 16.0 Å². The molecule has 0 bridgehead atoms. The number of aromatic amines is 1. The van der Waals surface area contributed by atoms with Crippen LogP contribution in [0.5, 0.6) is 11.5 Å². The van der Waals surface area contributed by atoms with Gasteiger partial charge in [-0.15, -0.1) is 0 Å². The first-order valence-electron chi connectivity index (χ1n) is 10.1. The highest BCUT2D eigenvalue weighted by Crippen LogP contribution is 2.33. The Hall–Kier alpha value is -3.46. The minimum absolute atomic E-state index is 0.0528. The molecule has 1 fully saturated rings. The molecule has 0 spiro atoms. The molecule has 9 heteroatoms. The lowest BCUT2D eigenvalue weighted by atomic mass is 9.76. The number of pyridine rings is 1. The topological polar surface area (TPSA) is 136 Å². The van der Waals surface area contributed by atoms with Crippen LogP contribution in [0.2, 0.25) is 0 Å². The highest BCUT2D eigenvalue weighted by molar-refractivity contribution is 5.93. The van der Waals surface area contributed by atoms with Gasteiger partial charge in [0.2, 0.25) is 11.8 Å². The van der Waals surface area contributed by atoms with Crippen LogP contribution < -0.4 is 21.5 Å². The standard InChI is InChI=1S/C22H24FN5O3/c1-12-11-27-19-18(12)17(5-8-26-19)31-16-4-3-13(9-14(16)23)10-15(24)20(29)28-22(21(25)30)6-2-7-22/h3-5,8-9,11,15H,2,6-7,10,24H2,1H3,(H2,25,30)(H,26,27)(H,28,29). The summed E-state index contributed by atoms with van der Waals surface area (Å²) in [6.45, 7) is 1.91. The van der Waals surface area contributed by atoms with E-state index in [1.54, 1.807) is 18.3 Å². The number of aromatic nitrogens is 2. The first kappa shape index (κ1) is 20.8. The average Bonchev–Trinajstić information content (AvgIpc) is 3.08. The number of benzene rings is 1. The lowest BCUT2D eigenvalue weighted by Crippen LogP contribution is -2.64. The molecule has 4 rings (SSSR count). The Kier molecular flexibility index (Phi) is 5.36. The maximum atomic E-state index is 14.7. The first-order valence-corrected chi connectivity index (χ1v) is 10.1. The van der Waals surface area contributed by atoms with E-state index in [9.17, 15) is 14.0 Å². The number of amides is 2. The maximum absolute atomic E-state index is 14.7. The normalized spacial score (nSPS) is 15.8. The Bertz CT molecular complexity index is 1160. The lowest BCUT2D eigenvalue weighted by Gasteiger charge is -2.40. The molecule has 1 aliphatic carbocycles. The summed E-state index contributed by atoms with van der Waals surface area (Å²) in [5.41, 5.74) is 12.5. The van der Waals surface area contributed by atoms with Gasteiger partial charge in [-0.1, -0.05) is 6.07 Å². The van der Waals surface area contributed by atoms with Gasteiger partial charge in [-0.25, -0.2) is 9.37 Å². The van der Waals surface area contributed by atoms with E-state index in [1.807, 2.05) is 13.1 Å². The number of primary amides is 1. The van der Waals surface area contributed by atoms with Gasteiger partial charge in [-0.05, 0) is 61.9 Å². The van der Waals surface area contributed by atoms with Gasteiger partial charge in [0.25, 0.3) is 0 Å². The summed E-state index contributed by atoms with van der Waals surface area (Å²) >= 11 is 0. The third-order valence-electron chi connectivity index (χ3n) is 5.78. The molecule has 162 valence electrons. The van der Waals surface area contributed by atoms with Gasteiger partial charge >= 0.3 is 0 Å². The number of ether oxygens (including phenoxy) is 1. The molecule has 6 N–H and O–H groups in total. The van der Waals surface area contributed by atoms with E-state index in [0.717, 1.165) is 17.4 Å². The van der Waals surface area contributed by atoms with Gasteiger partial charge < -0.3 is 26.5 Å². The van der Waals surface area contributed by atoms with Gasteiger partial charge in [-0.3, -0.25) is 9.59 Å². The Labute approximate surface area is 178 Å². The highest BCUT2D eigenvalue weighted by atomic mass is 19.1. The van der Waals surface area contributed by atoms with Crippen LogP contribution in [0.25, 0.3) is 11.0 Å². The average molecular weight is 425 g/mol. The maximum Gasteiger partial charge on any atom is 0.243 e. The van der Waals surface area contributed by atoms with Crippen LogP contribution in [0.1, 0.15) is 30.4 Å². The van der Waals surface area contributed by atoms with E-state index < -0.39 is 29.2 Å². The van der Waals surface area contributed by atoms with Crippen molar-refractivity contribution in [3.63, 3.8) is 0 Å². The Morgan fingerprint density at radius 3 is 2.74 bits per heavy atom. The number of carbonyl (C=O) groups is 2. The summed E-state index contributed by atoms with van der Waals surface area (Å²) in [6, 6.07) is 5.18. The molecule has 0 radical (unpaired) electrons. The minimum atomic E-state index is -1.01.